The molecule has 2 rings (SSSR count). The number of hydrogen-bond donors (Lipinski definition) is 2. The predicted octanol–water partition coefficient (Wildman–Crippen LogP) is 2.71. The molecule has 1 unspecified atom stereocenters. The van der Waals surface area contributed by atoms with Gasteiger partial charge in [-0.1, -0.05) is 6.92 Å². The lowest BCUT2D eigenvalue weighted by Crippen LogP contribution is -2.33. The second kappa shape index (κ2) is 7.13. The van der Waals surface area contributed by atoms with Gasteiger partial charge in [0.2, 0.25) is 0 Å². The molecule has 2 aromatic rings. The van der Waals surface area contributed by atoms with Crippen molar-refractivity contribution in [3.05, 3.63) is 59.4 Å². The fraction of sp³-hybridized carbons (Fsp3) is 0.312. The Balaban J connectivity index is 2.13. The summed E-state index contributed by atoms with van der Waals surface area (Å²) in [5.74, 6) is -1.11. The summed E-state index contributed by atoms with van der Waals surface area (Å²) in [6.45, 7) is 2.76. The lowest BCUT2D eigenvalue weighted by molar-refractivity contribution is 0.515. The third kappa shape index (κ3) is 4.49. The Kier molecular flexibility index (Phi) is 5.22. The van der Waals surface area contributed by atoms with Crippen LogP contribution in [0.3, 0.4) is 0 Å². The number of pyridine rings is 1. The second-order valence-corrected chi connectivity index (χ2v) is 5.02. The summed E-state index contributed by atoms with van der Waals surface area (Å²) in [4.78, 5) is 4.07. The molecule has 0 saturated carbocycles. The number of anilines is 1. The molecule has 1 aromatic carbocycles. The van der Waals surface area contributed by atoms with E-state index in [9.17, 15) is 8.78 Å². The standard InChI is InChI=1S/C16H19F2N3/c1-2-21-15(8-12-10-20-4-3-16(12)19)7-11-5-13(17)9-14(18)6-11/h3-6,9-10,15,21H,2,7-8H2,1H3,(H2,19,20). The molecular weight excluding hydrogens is 272 g/mol. The molecule has 0 spiro atoms. The normalized spacial score (nSPS) is 12.3. The van der Waals surface area contributed by atoms with Crippen molar-refractivity contribution in [3.8, 4) is 0 Å². The molecule has 0 aliphatic carbocycles. The lowest BCUT2D eigenvalue weighted by atomic mass is 9.99. The highest BCUT2D eigenvalue weighted by molar-refractivity contribution is 5.44. The summed E-state index contributed by atoms with van der Waals surface area (Å²) in [7, 11) is 0. The maximum absolute atomic E-state index is 13.3. The Bertz CT molecular complexity index is 582. The Hall–Kier alpha value is -2.01. The van der Waals surface area contributed by atoms with E-state index < -0.39 is 11.6 Å². The van der Waals surface area contributed by atoms with Crippen LogP contribution in [0.5, 0.6) is 0 Å². The highest BCUT2D eigenvalue weighted by atomic mass is 19.1. The fourth-order valence-corrected chi connectivity index (χ4v) is 2.39. The van der Waals surface area contributed by atoms with E-state index in [-0.39, 0.29) is 6.04 Å². The van der Waals surface area contributed by atoms with Gasteiger partial charge >= 0.3 is 0 Å². The summed E-state index contributed by atoms with van der Waals surface area (Å²) >= 11 is 0. The third-order valence-electron chi connectivity index (χ3n) is 3.30. The van der Waals surface area contributed by atoms with Gasteiger partial charge in [-0.3, -0.25) is 4.98 Å². The number of benzene rings is 1. The van der Waals surface area contributed by atoms with E-state index in [4.69, 9.17) is 5.73 Å². The van der Waals surface area contributed by atoms with Crippen molar-refractivity contribution < 1.29 is 8.78 Å². The maximum Gasteiger partial charge on any atom is 0.126 e. The van der Waals surface area contributed by atoms with Crippen LogP contribution < -0.4 is 11.1 Å². The van der Waals surface area contributed by atoms with Crippen molar-refractivity contribution in [3.63, 3.8) is 0 Å². The van der Waals surface area contributed by atoms with Crippen LogP contribution in [0.15, 0.2) is 36.7 Å². The topological polar surface area (TPSA) is 50.9 Å². The van der Waals surface area contributed by atoms with E-state index in [1.165, 1.54) is 12.1 Å². The van der Waals surface area contributed by atoms with Crippen LogP contribution in [-0.4, -0.2) is 17.6 Å². The molecule has 3 nitrogen and oxygen atoms in total. The molecule has 0 saturated heterocycles. The molecule has 0 radical (unpaired) electrons. The minimum Gasteiger partial charge on any atom is -0.398 e. The van der Waals surface area contributed by atoms with Gasteiger partial charge in [-0.05, 0) is 48.7 Å². The molecule has 1 heterocycles. The second-order valence-electron chi connectivity index (χ2n) is 5.02. The molecule has 0 aliphatic heterocycles. The van der Waals surface area contributed by atoms with E-state index in [0.29, 0.717) is 24.1 Å². The quantitative estimate of drug-likeness (QED) is 0.860. The van der Waals surface area contributed by atoms with E-state index in [1.54, 1.807) is 18.5 Å². The maximum atomic E-state index is 13.3. The SMILES string of the molecule is CCNC(Cc1cc(F)cc(F)c1)Cc1cnccc1N. The molecule has 0 fully saturated rings. The van der Waals surface area contributed by atoms with Gasteiger partial charge in [0.25, 0.3) is 0 Å². The fourth-order valence-electron chi connectivity index (χ4n) is 2.39. The van der Waals surface area contributed by atoms with Crippen molar-refractivity contribution >= 4 is 5.69 Å². The van der Waals surface area contributed by atoms with Gasteiger partial charge in [-0.2, -0.15) is 0 Å². The third-order valence-corrected chi connectivity index (χ3v) is 3.30. The first-order chi connectivity index (χ1) is 10.1. The largest absolute Gasteiger partial charge is 0.398 e. The minimum absolute atomic E-state index is 0.0442. The van der Waals surface area contributed by atoms with Gasteiger partial charge < -0.3 is 11.1 Å². The van der Waals surface area contributed by atoms with Crippen LogP contribution in [0.25, 0.3) is 0 Å². The summed E-state index contributed by atoms with van der Waals surface area (Å²) in [5.41, 5.74) is 8.15. The average Bonchev–Trinajstić information content (AvgIpc) is 2.40. The lowest BCUT2D eigenvalue weighted by Gasteiger charge is -2.19. The van der Waals surface area contributed by atoms with E-state index in [1.807, 2.05) is 6.92 Å². The van der Waals surface area contributed by atoms with Crippen molar-refractivity contribution in [1.82, 2.24) is 10.3 Å². The molecule has 0 bridgehead atoms. The molecule has 0 amide bonds. The zero-order valence-corrected chi connectivity index (χ0v) is 11.9. The number of halogens is 2. The van der Waals surface area contributed by atoms with Crippen LogP contribution in [0, 0.1) is 11.6 Å². The number of nitrogens with two attached hydrogens (primary N) is 1. The van der Waals surface area contributed by atoms with Crippen molar-refractivity contribution in [1.29, 1.82) is 0 Å². The highest BCUT2D eigenvalue weighted by Crippen LogP contribution is 2.15. The number of rotatable bonds is 6. The number of nitrogens with one attached hydrogen (secondary N) is 1. The summed E-state index contributed by atoms with van der Waals surface area (Å²) in [6, 6.07) is 5.40. The number of nitrogens with zero attached hydrogens (tertiary/aromatic N) is 1. The zero-order chi connectivity index (χ0) is 15.2. The molecule has 5 heteroatoms. The molecule has 1 aromatic heterocycles. The summed E-state index contributed by atoms with van der Waals surface area (Å²) in [6.07, 6.45) is 4.55. The van der Waals surface area contributed by atoms with Gasteiger partial charge in [0.05, 0.1) is 0 Å². The van der Waals surface area contributed by atoms with Crippen LogP contribution in [0.4, 0.5) is 14.5 Å². The van der Waals surface area contributed by atoms with Crippen molar-refractivity contribution in [2.45, 2.75) is 25.8 Å². The van der Waals surface area contributed by atoms with E-state index >= 15 is 0 Å². The Morgan fingerprint density at radius 2 is 1.90 bits per heavy atom. The first-order valence-electron chi connectivity index (χ1n) is 6.95. The predicted molar refractivity (Wildman–Crippen MR) is 79.9 cm³/mol. The first-order valence-corrected chi connectivity index (χ1v) is 6.95. The zero-order valence-electron chi connectivity index (χ0n) is 11.9. The van der Waals surface area contributed by atoms with Crippen LogP contribution in [-0.2, 0) is 12.8 Å². The highest BCUT2D eigenvalue weighted by Gasteiger charge is 2.13. The minimum atomic E-state index is -0.554. The van der Waals surface area contributed by atoms with Gasteiger partial charge in [0.15, 0.2) is 0 Å². The first kappa shape index (κ1) is 15.4. The van der Waals surface area contributed by atoms with Crippen LogP contribution in [0.2, 0.25) is 0 Å². The Labute approximate surface area is 123 Å². The molecule has 1 atom stereocenters. The number of hydrogen-bond acceptors (Lipinski definition) is 3. The molecular formula is C16H19F2N3. The summed E-state index contributed by atoms with van der Waals surface area (Å²) in [5, 5.41) is 3.32. The molecule has 0 aliphatic rings. The number of nitrogen functional groups attached to an aromatic ring is 1. The smallest absolute Gasteiger partial charge is 0.126 e. The summed E-state index contributed by atoms with van der Waals surface area (Å²) < 4.78 is 26.5. The Morgan fingerprint density at radius 1 is 1.19 bits per heavy atom. The number of likely N-dealkylation sites (N-methyl/N-ethyl adjacent to an activating group) is 1. The van der Waals surface area contributed by atoms with Crippen molar-refractivity contribution in [2.24, 2.45) is 0 Å². The van der Waals surface area contributed by atoms with Crippen LogP contribution >= 0.6 is 0 Å². The van der Waals surface area contributed by atoms with Gasteiger partial charge in [-0.25, -0.2) is 8.78 Å². The van der Waals surface area contributed by atoms with Crippen LogP contribution in [0.1, 0.15) is 18.1 Å². The Morgan fingerprint density at radius 3 is 2.52 bits per heavy atom. The van der Waals surface area contributed by atoms with Crippen molar-refractivity contribution in [2.75, 3.05) is 12.3 Å². The monoisotopic (exact) mass is 291 g/mol. The van der Waals surface area contributed by atoms with Gasteiger partial charge in [0, 0.05) is 30.2 Å². The van der Waals surface area contributed by atoms with E-state index in [0.717, 1.165) is 18.2 Å². The van der Waals surface area contributed by atoms with E-state index in [2.05, 4.69) is 10.3 Å². The van der Waals surface area contributed by atoms with Gasteiger partial charge in [0.1, 0.15) is 11.6 Å². The van der Waals surface area contributed by atoms with Gasteiger partial charge in [-0.15, -0.1) is 0 Å². The molecule has 21 heavy (non-hydrogen) atoms. The average molecular weight is 291 g/mol. The molecule has 3 N–H and O–H groups in total. The number of aromatic nitrogens is 1. The molecule has 112 valence electrons.